The largest absolute Gasteiger partial charge is 0.493 e. The topological polar surface area (TPSA) is 42.0 Å². The summed E-state index contributed by atoms with van der Waals surface area (Å²) in [4.78, 5) is 17.1. The highest BCUT2D eigenvalue weighted by atomic mass is 16.5. The van der Waals surface area contributed by atoms with E-state index < -0.39 is 0 Å². The summed E-state index contributed by atoms with van der Waals surface area (Å²) in [5.74, 6) is 1.69. The van der Waals surface area contributed by atoms with Crippen molar-refractivity contribution in [2.24, 2.45) is 0 Å². The van der Waals surface area contributed by atoms with Gasteiger partial charge in [0, 0.05) is 39.1 Å². The first-order chi connectivity index (χ1) is 13.7. The molecule has 1 aromatic carbocycles. The van der Waals surface area contributed by atoms with E-state index in [9.17, 15) is 4.79 Å². The summed E-state index contributed by atoms with van der Waals surface area (Å²) in [7, 11) is 3.27. The number of aryl methyl sites for hydroxylation is 1. The smallest absolute Gasteiger partial charge is 0.222 e. The highest BCUT2D eigenvalue weighted by molar-refractivity contribution is 5.76. The van der Waals surface area contributed by atoms with Crippen molar-refractivity contribution in [1.82, 2.24) is 9.80 Å². The molecule has 1 aromatic rings. The van der Waals surface area contributed by atoms with Gasteiger partial charge in [0.15, 0.2) is 11.5 Å². The van der Waals surface area contributed by atoms with Crippen molar-refractivity contribution in [2.75, 3.05) is 46.9 Å². The van der Waals surface area contributed by atoms with Crippen LogP contribution in [0.2, 0.25) is 0 Å². The number of hydrogen-bond donors (Lipinski definition) is 0. The van der Waals surface area contributed by atoms with E-state index in [1.54, 1.807) is 19.8 Å². The molecule has 0 spiro atoms. The number of piperazine rings is 1. The number of amides is 1. The first-order valence-corrected chi connectivity index (χ1v) is 10.6. The monoisotopic (exact) mass is 386 g/mol. The molecule has 0 saturated carbocycles. The Balaban J connectivity index is 1.39. The number of carbonyl (C=O) groups is 1. The van der Waals surface area contributed by atoms with Gasteiger partial charge in [0.05, 0.1) is 14.2 Å². The van der Waals surface area contributed by atoms with E-state index in [1.165, 1.54) is 32.1 Å². The molecule has 154 valence electrons. The zero-order valence-corrected chi connectivity index (χ0v) is 17.4. The van der Waals surface area contributed by atoms with Gasteiger partial charge in [-0.3, -0.25) is 9.69 Å². The van der Waals surface area contributed by atoms with E-state index in [4.69, 9.17) is 9.47 Å². The normalized spacial score (nSPS) is 17.9. The van der Waals surface area contributed by atoms with Gasteiger partial charge < -0.3 is 14.4 Å². The van der Waals surface area contributed by atoms with E-state index in [2.05, 4.69) is 11.0 Å². The van der Waals surface area contributed by atoms with E-state index >= 15 is 0 Å². The maximum atomic E-state index is 12.6. The maximum Gasteiger partial charge on any atom is 0.222 e. The highest BCUT2D eigenvalue weighted by Crippen LogP contribution is 2.28. The number of methoxy groups -OCH3 is 2. The van der Waals surface area contributed by atoms with Gasteiger partial charge in [0.25, 0.3) is 0 Å². The van der Waals surface area contributed by atoms with Gasteiger partial charge in [-0.25, -0.2) is 0 Å². The summed E-state index contributed by atoms with van der Waals surface area (Å²) >= 11 is 0. The van der Waals surface area contributed by atoms with E-state index in [0.29, 0.717) is 12.2 Å². The number of rotatable bonds is 8. The summed E-state index contributed by atoms with van der Waals surface area (Å²) < 4.78 is 10.6. The van der Waals surface area contributed by atoms with Crippen LogP contribution in [0.4, 0.5) is 0 Å². The minimum atomic E-state index is 0.254. The lowest BCUT2D eigenvalue weighted by Gasteiger charge is -2.35. The molecule has 0 unspecified atom stereocenters. The lowest BCUT2D eigenvalue weighted by Crippen LogP contribution is -2.48. The highest BCUT2D eigenvalue weighted by Gasteiger charge is 2.21. The molecule has 5 nitrogen and oxygen atoms in total. The third-order valence-corrected chi connectivity index (χ3v) is 5.93. The molecular weight excluding hydrogens is 352 g/mol. The average Bonchev–Trinajstić information content (AvgIpc) is 2.76. The van der Waals surface area contributed by atoms with Crippen molar-refractivity contribution < 1.29 is 14.3 Å². The second-order valence-corrected chi connectivity index (χ2v) is 7.77. The molecule has 0 atom stereocenters. The van der Waals surface area contributed by atoms with E-state index in [-0.39, 0.29) is 5.91 Å². The molecule has 1 aliphatic carbocycles. The number of carbonyl (C=O) groups excluding carboxylic acids is 1. The molecule has 28 heavy (non-hydrogen) atoms. The molecule has 1 fully saturated rings. The average molecular weight is 387 g/mol. The Morgan fingerprint density at radius 3 is 2.46 bits per heavy atom. The minimum absolute atomic E-state index is 0.254. The first-order valence-electron chi connectivity index (χ1n) is 10.6. The molecule has 0 bridgehead atoms. The zero-order chi connectivity index (χ0) is 19.8. The number of nitrogens with zero attached hydrogens (tertiary/aromatic N) is 2. The Morgan fingerprint density at radius 1 is 1.00 bits per heavy atom. The Kier molecular flexibility index (Phi) is 7.78. The number of hydrogen-bond acceptors (Lipinski definition) is 4. The second kappa shape index (κ2) is 10.5. The fourth-order valence-electron chi connectivity index (χ4n) is 4.10. The Hall–Kier alpha value is -2.01. The summed E-state index contributed by atoms with van der Waals surface area (Å²) in [5.41, 5.74) is 2.74. The predicted octanol–water partition coefficient (Wildman–Crippen LogP) is 3.67. The predicted molar refractivity (Wildman–Crippen MR) is 112 cm³/mol. The van der Waals surface area contributed by atoms with Crippen LogP contribution in [0.25, 0.3) is 0 Å². The molecule has 5 heteroatoms. The van der Waals surface area contributed by atoms with Gasteiger partial charge in [-0.15, -0.1) is 0 Å². The van der Waals surface area contributed by atoms with Crippen LogP contribution < -0.4 is 9.47 Å². The van der Waals surface area contributed by atoms with Crippen LogP contribution in [-0.4, -0.2) is 62.7 Å². The third kappa shape index (κ3) is 5.74. The number of ether oxygens (including phenoxy) is 2. The van der Waals surface area contributed by atoms with Crippen LogP contribution in [-0.2, 0) is 11.2 Å². The summed E-state index contributed by atoms with van der Waals surface area (Å²) in [5, 5.41) is 0. The second-order valence-electron chi connectivity index (χ2n) is 7.77. The molecule has 0 N–H and O–H groups in total. The lowest BCUT2D eigenvalue weighted by atomic mass is 9.97. The molecule has 1 amide bonds. The minimum Gasteiger partial charge on any atom is -0.493 e. The Morgan fingerprint density at radius 2 is 1.79 bits per heavy atom. The third-order valence-electron chi connectivity index (χ3n) is 5.93. The van der Waals surface area contributed by atoms with Crippen molar-refractivity contribution >= 4 is 5.91 Å². The number of benzene rings is 1. The molecule has 1 heterocycles. The van der Waals surface area contributed by atoms with Crippen LogP contribution in [0, 0.1) is 0 Å². The SMILES string of the molecule is COc1ccc(CCC(=O)N2CCN(CCC3=CCCCC3)CC2)cc1OC. The summed E-state index contributed by atoms with van der Waals surface area (Å²) in [6.45, 7) is 4.83. The van der Waals surface area contributed by atoms with Gasteiger partial charge in [-0.05, 0) is 56.2 Å². The fraction of sp³-hybridized carbons (Fsp3) is 0.609. The van der Waals surface area contributed by atoms with Crippen LogP contribution in [0.5, 0.6) is 11.5 Å². The van der Waals surface area contributed by atoms with Gasteiger partial charge in [-0.1, -0.05) is 17.7 Å². The van der Waals surface area contributed by atoms with Crippen LogP contribution in [0.15, 0.2) is 29.8 Å². The maximum absolute atomic E-state index is 12.6. The summed E-state index contributed by atoms with van der Waals surface area (Å²) in [6.07, 6.45) is 10.2. The Labute approximate surface area is 169 Å². The van der Waals surface area contributed by atoms with Crippen LogP contribution in [0.1, 0.15) is 44.1 Å². The summed E-state index contributed by atoms with van der Waals surface area (Å²) in [6, 6.07) is 5.87. The standard InChI is InChI=1S/C23H34N2O3/c1-27-21-10-8-20(18-22(21)28-2)9-11-23(26)25-16-14-24(15-17-25)13-12-19-6-4-3-5-7-19/h6,8,10,18H,3-5,7,9,11-17H2,1-2H3. The molecule has 3 rings (SSSR count). The van der Waals surface area contributed by atoms with Crippen molar-refractivity contribution in [3.05, 3.63) is 35.4 Å². The van der Waals surface area contributed by atoms with Gasteiger partial charge >= 0.3 is 0 Å². The van der Waals surface area contributed by atoms with Gasteiger partial charge in [0.2, 0.25) is 5.91 Å². The van der Waals surface area contributed by atoms with Crippen molar-refractivity contribution in [1.29, 1.82) is 0 Å². The van der Waals surface area contributed by atoms with E-state index in [0.717, 1.165) is 50.5 Å². The van der Waals surface area contributed by atoms with E-state index in [1.807, 2.05) is 23.1 Å². The molecule has 2 aliphatic rings. The van der Waals surface area contributed by atoms with Crippen LogP contribution in [0.3, 0.4) is 0 Å². The van der Waals surface area contributed by atoms with Gasteiger partial charge in [-0.2, -0.15) is 0 Å². The fourth-order valence-corrected chi connectivity index (χ4v) is 4.10. The quantitative estimate of drug-likeness (QED) is 0.639. The van der Waals surface area contributed by atoms with Gasteiger partial charge in [0.1, 0.15) is 0 Å². The molecule has 1 aliphatic heterocycles. The molecule has 1 saturated heterocycles. The Bertz CT molecular complexity index is 678. The van der Waals surface area contributed by atoms with Crippen molar-refractivity contribution in [2.45, 2.75) is 44.9 Å². The molecule has 0 aromatic heterocycles. The molecular formula is C23H34N2O3. The van der Waals surface area contributed by atoms with Crippen molar-refractivity contribution in [3.8, 4) is 11.5 Å². The lowest BCUT2D eigenvalue weighted by molar-refractivity contribution is -0.132. The first kappa shape index (κ1) is 20.7. The van der Waals surface area contributed by atoms with Crippen LogP contribution >= 0.6 is 0 Å². The number of allylic oxidation sites excluding steroid dienone is 1. The molecule has 0 radical (unpaired) electrons. The zero-order valence-electron chi connectivity index (χ0n) is 17.4. The van der Waals surface area contributed by atoms with Crippen molar-refractivity contribution in [3.63, 3.8) is 0 Å².